The lowest BCUT2D eigenvalue weighted by atomic mass is 9.98. The Labute approximate surface area is 204 Å². The van der Waals surface area contributed by atoms with E-state index in [2.05, 4.69) is 4.57 Å². The fraction of sp³-hybridized carbons (Fsp3) is 0.333. The topological polar surface area (TPSA) is 88.7 Å². The van der Waals surface area contributed by atoms with E-state index in [4.69, 9.17) is 0 Å². The van der Waals surface area contributed by atoms with Crippen LogP contribution in [0.1, 0.15) is 54.0 Å². The van der Waals surface area contributed by atoms with Gasteiger partial charge in [0.25, 0.3) is 11.6 Å². The van der Waals surface area contributed by atoms with Gasteiger partial charge in [-0.15, -0.1) is 0 Å². The van der Waals surface area contributed by atoms with Crippen LogP contribution in [-0.2, 0) is 11.3 Å². The summed E-state index contributed by atoms with van der Waals surface area (Å²) in [5.74, 6) is -0.366. The molecule has 0 radical (unpaired) electrons. The van der Waals surface area contributed by atoms with Gasteiger partial charge < -0.3 is 14.4 Å². The van der Waals surface area contributed by atoms with Crippen LogP contribution < -0.4 is 0 Å². The second kappa shape index (κ2) is 9.37. The maximum Gasteiger partial charge on any atom is 0.269 e. The fourth-order valence-corrected chi connectivity index (χ4v) is 4.47. The number of hydrogen-bond acceptors (Lipinski definition) is 4. The Bertz CT molecular complexity index is 1240. The highest BCUT2D eigenvalue weighted by molar-refractivity contribution is 5.97. The summed E-state index contributed by atoms with van der Waals surface area (Å²) in [5, 5.41) is 11.1. The van der Waals surface area contributed by atoms with E-state index in [9.17, 15) is 19.7 Å². The summed E-state index contributed by atoms with van der Waals surface area (Å²) < 4.78 is 2.09. The van der Waals surface area contributed by atoms with Gasteiger partial charge in [-0.25, -0.2) is 0 Å². The molecule has 8 nitrogen and oxygen atoms in total. The van der Waals surface area contributed by atoms with E-state index < -0.39 is 16.5 Å². The van der Waals surface area contributed by atoms with Crippen LogP contribution in [0.5, 0.6) is 0 Å². The van der Waals surface area contributed by atoms with Gasteiger partial charge in [-0.1, -0.05) is 17.7 Å². The van der Waals surface area contributed by atoms with Crippen LogP contribution in [0.4, 0.5) is 5.69 Å². The summed E-state index contributed by atoms with van der Waals surface area (Å²) in [5.41, 5.74) is 2.75. The third-order valence-electron chi connectivity index (χ3n) is 6.43. The number of carbonyl (C=O) groups excluding carboxylic acids is 2. The molecule has 35 heavy (non-hydrogen) atoms. The SMILES string of the molecule is Cc1ccc(C(=O)N(CC(=O)N2CCn3cccc3C2c2ccc([N+](=O)[O-])cc2)C(C)(C)C)cc1. The number of benzene rings is 2. The number of nitrogens with zero attached hydrogens (tertiary/aromatic N) is 4. The van der Waals surface area contributed by atoms with Crippen LogP contribution >= 0.6 is 0 Å². The van der Waals surface area contributed by atoms with Crippen molar-refractivity contribution in [3.8, 4) is 0 Å². The van der Waals surface area contributed by atoms with Crippen LogP contribution in [-0.4, -0.2) is 49.7 Å². The summed E-state index contributed by atoms with van der Waals surface area (Å²) in [7, 11) is 0. The molecule has 3 aromatic rings. The number of non-ortho nitro benzene ring substituents is 1. The van der Waals surface area contributed by atoms with Crippen molar-refractivity contribution in [1.29, 1.82) is 0 Å². The molecule has 2 aromatic carbocycles. The first-order valence-electron chi connectivity index (χ1n) is 11.6. The molecule has 0 N–H and O–H groups in total. The molecule has 1 aliphatic rings. The van der Waals surface area contributed by atoms with Crippen LogP contribution in [0, 0.1) is 17.0 Å². The Morgan fingerprint density at radius 1 is 1.03 bits per heavy atom. The van der Waals surface area contributed by atoms with Crippen molar-refractivity contribution >= 4 is 17.5 Å². The summed E-state index contributed by atoms with van der Waals surface area (Å²) >= 11 is 0. The van der Waals surface area contributed by atoms with E-state index in [1.807, 2.05) is 58.2 Å². The standard InChI is InChI=1S/C27H30N4O4/c1-19-7-9-21(10-8-19)26(33)30(27(2,3)4)18-24(32)29-17-16-28-15-5-6-23(28)25(29)20-11-13-22(14-12-20)31(34)35/h5-15,25H,16-18H2,1-4H3. The quantitative estimate of drug-likeness (QED) is 0.400. The Morgan fingerprint density at radius 3 is 2.29 bits per heavy atom. The molecule has 4 rings (SSSR count). The first-order valence-corrected chi connectivity index (χ1v) is 11.6. The molecule has 0 saturated carbocycles. The van der Waals surface area contributed by atoms with Gasteiger partial charge >= 0.3 is 0 Å². The summed E-state index contributed by atoms with van der Waals surface area (Å²) in [6.45, 7) is 8.76. The Hall–Kier alpha value is -3.94. The third-order valence-corrected chi connectivity index (χ3v) is 6.43. The highest BCUT2D eigenvalue weighted by atomic mass is 16.6. The van der Waals surface area contributed by atoms with Crippen molar-refractivity contribution in [1.82, 2.24) is 14.4 Å². The smallest absolute Gasteiger partial charge is 0.269 e. The first kappa shape index (κ1) is 24.2. The van der Waals surface area contributed by atoms with Gasteiger partial charge in [0.15, 0.2) is 0 Å². The molecule has 0 aliphatic carbocycles. The van der Waals surface area contributed by atoms with Crippen molar-refractivity contribution in [2.75, 3.05) is 13.1 Å². The Morgan fingerprint density at radius 2 is 1.69 bits per heavy atom. The summed E-state index contributed by atoms with van der Waals surface area (Å²) in [6, 6.07) is 17.2. The predicted molar refractivity (Wildman–Crippen MR) is 133 cm³/mol. The van der Waals surface area contributed by atoms with E-state index in [0.29, 0.717) is 18.7 Å². The van der Waals surface area contributed by atoms with Gasteiger partial charge in [0.1, 0.15) is 6.54 Å². The molecule has 1 aliphatic heterocycles. The molecular weight excluding hydrogens is 444 g/mol. The number of aryl methyl sites for hydroxylation is 1. The third kappa shape index (κ3) is 4.96. The van der Waals surface area contributed by atoms with Crippen LogP contribution in [0.3, 0.4) is 0 Å². The second-order valence-electron chi connectivity index (χ2n) is 9.89. The lowest BCUT2D eigenvalue weighted by molar-refractivity contribution is -0.384. The minimum atomic E-state index is -0.573. The zero-order valence-corrected chi connectivity index (χ0v) is 20.5. The molecule has 182 valence electrons. The monoisotopic (exact) mass is 474 g/mol. The molecule has 0 fully saturated rings. The average Bonchev–Trinajstić information content (AvgIpc) is 3.30. The fourth-order valence-electron chi connectivity index (χ4n) is 4.47. The average molecular weight is 475 g/mol. The van der Waals surface area contributed by atoms with Crippen molar-refractivity contribution in [2.45, 2.75) is 45.8 Å². The Kier molecular flexibility index (Phi) is 6.47. The molecule has 1 unspecified atom stereocenters. The largest absolute Gasteiger partial charge is 0.348 e. The van der Waals surface area contributed by atoms with E-state index in [1.54, 1.807) is 34.1 Å². The van der Waals surface area contributed by atoms with Crippen LogP contribution in [0.2, 0.25) is 0 Å². The highest BCUT2D eigenvalue weighted by Gasteiger charge is 2.36. The van der Waals surface area contributed by atoms with Crippen LogP contribution in [0.15, 0.2) is 66.9 Å². The van der Waals surface area contributed by atoms with Crippen molar-refractivity contribution in [2.24, 2.45) is 0 Å². The molecule has 0 saturated heterocycles. The number of hydrogen-bond donors (Lipinski definition) is 0. The van der Waals surface area contributed by atoms with Gasteiger partial charge in [-0.2, -0.15) is 0 Å². The number of nitro groups is 1. The molecule has 2 amide bonds. The minimum absolute atomic E-state index is 0.000390. The summed E-state index contributed by atoms with van der Waals surface area (Å²) in [4.78, 5) is 41.3. The second-order valence-corrected chi connectivity index (χ2v) is 9.89. The lowest BCUT2D eigenvalue weighted by Gasteiger charge is -2.41. The van der Waals surface area contributed by atoms with E-state index in [1.165, 1.54) is 12.1 Å². The molecule has 1 atom stereocenters. The van der Waals surface area contributed by atoms with Gasteiger partial charge in [0.05, 0.1) is 11.0 Å². The van der Waals surface area contributed by atoms with Crippen LogP contribution in [0.25, 0.3) is 0 Å². The van der Waals surface area contributed by atoms with E-state index in [-0.39, 0.29) is 24.0 Å². The molecular formula is C27H30N4O4. The summed E-state index contributed by atoms with van der Waals surface area (Å²) in [6.07, 6.45) is 1.97. The number of aromatic nitrogens is 1. The normalized spacial score (nSPS) is 15.4. The number of carbonyl (C=O) groups is 2. The molecule has 8 heteroatoms. The van der Waals surface area contributed by atoms with Crippen molar-refractivity contribution < 1.29 is 14.5 Å². The lowest BCUT2D eigenvalue weighted by Crippen LogP contribution is -2.53. The van der Waals surface area contributed by atoms with Crippen molar-refractivity contribution in [3.05, 3.63) is 99.4 Å². The molecule has 0 spiro atoms. The van der Waals surface area contributed by atoms with Gasteiger partial charge in [0.2, 0.25) is 5.91 Å². The number of rotatable bonds is 5. The van der Waals surface area contributed by atoms with Gasteiger partial charge in [0, 0.05) is 48.2 Å². The zero-order chi connectivity index (χ0) is 25.3. The maximum absolute atomic E-state index is 13.8. The van der Waals surface area contributed by atoms with E-state index >= 15 is 0 Å². The molecule has 2 heterocycles. The zero-order valence-electron chi connectivity index (χ0n) is 20.5. The first-order chi connectivity index (χ1) is 16.6. The maximum atomic E-state index is 13.8. The molecule has 0 bridgehead atoms. The van der Waals surface area contributed by atoms with Gasteiger partial charge in [-0.05, 0) is 69.7 Å². The Balaban J connectivity index is 1.65. The van der Waals surface area contributed by atoms with Gasteiger partial charge in [-0.3, -0.25) is 19.7 Å². The number of fused-ring (bicyclic) bond motifs is 1. The van der Waals surface area contributed by atoms with E-state index in [0.717, 1.165) is 16.8 Å². The van der Waals surface area contributed by atoms with Crippen molar-refractivity contribution in [3.63, 3.8) is 0 Å². The minimum Gasteiger partial charge on any atom is -0.348 e. The number of nitro benzene ring substituents is 1. The predicted octanol–water partition coefficient (Wildman–Crippen LogP) is 4.58. The highest BCUT2D eigenvalue weighted by Crippen LogP contribution is 2.34. The number of amides is 2. The molecule has 1 aromatic heterocycles.